The quantitative estimate of drug-likeness (QED) is 0.595. The van der Waals surface area contributed by atoms with Crippen LogP contribution in [0.15, 0.2) is 0 Å². The van der Waals surface area contributed by atoms with Gasteiger partial charge in [0.05, 0.1) is 6.10 Å². The minimum atomic E-state index is 0.275. The van der Waals surface area contributed by atoms with Crippen molar-refractivity contribution in [1.29, 1.82) is 0 Å². The molecule has 1 saturated carbocycles. The zero-order valence-electron chi connectivity index (χ0n) is 10.3. The monoisotopic (exact) mass is 215 g/mol. The lowest BCUT2D eigenvalue weighted by molar-refractivity contribution is 0.0853. The van der Waals surface area contributed by atoms with Crippen molar-refractivity contribution in [3.8, 4) is 0 Å². The van der Waals surface area contributed by atoms with E-state index < -0.39 is 0 Å². The second-order valence-corrected chi connectivity index (χ2v) is 4.56. The van der Waals surface area contributed by atoms with E-state index in [9.17, 15) is 0 Å². The highest BCUT2D eigenvalue weighted by molar-refractivity contribution is 4.72. The minimum Gasteiger partial charge on any atom is -0.381 e. The molecular formula is C12H25NO2. The smallest absolute Gasteiger partial charge is 0.0693 e. The lowest BCUT2D eigenvalue weighted by Crippen LogP contribution is -2.37. The third-order valence-corrected chi connectivity index (χ3v) is 3.06. The summed E-state index contributed by atoms with van der Waals surface area (Å²) in [6, 6.07) is 0.415. The molecule has 3 heteroatoms. The van der Waals surface area contributed by atoms with E-state index in [2.05, 4.69) is 19.2 Å². The number of ether oxygens (including phenoxy) is 2. The Hall–Kier alpha value is -0.120. The van der Waals surface area contributed by atoms with Gasteiger partial charge in [0.2, 0.25) is 0 Å². The van der Waals surface area contributed by atoms with E-state index >= 15 is 0 Å². The second kappa shape index (κ2) is 7.20. The van der Waals surface area contributed by atoms with Crippen LogP contribution >= 0.6 is 0 Å². The van der Waals surface area contributed by atoms with Crippen molar-refractivity contribution in [2.75, 3.05) is 26.9 Å². The second-order valence-electron chi connectivity index (χ2n) is 4.56. The van der Waals surface area contributed by atoms with Crippen LogP contribution < -0.4 is 5.32 Å². The fourth-order valence-corrected chi connectivity index (χ4v) is 1.41. The molecule has 0 saturated heterocycles. The summed E-state index contributed by atoms with van der Waals surface area (Å²) in [4.78, 5) is 0. The van der Waals surface area contributed by atoms with Crippen LogP contribution in [-0.2, 0) is 9.47 Å². The molecule has 0 amide bonds. The number of methoxy groups -OCH3 is 1. The first-order valence-corrected chi connectivity index (χ1v) is 6.08. The van der Waals surface area contributed by atoms with Gasteiger partial charge in [-0.25, -0.2) is 0 Å². The fraction of sp³-hybridized carbons (Fsp3) is 1.00. The minimum absolute atomic E-state index is 0.275. The molecule has 2 unspecified atom stereocenters. The predicted molar refractivity (Wildman–Crippen MR) is 62.1 cm³/mol. The molecule has 1 N–H and O–H groups in total. The van der Waals surface area contributed by atoms with Crippen LogP contribution in [0.3, 0.4) is 0 Å². The summed E-state index contributed by atoms with van der Waals surface area (Å²) >= 11 is 0. The molecule has 1 aliphatic rings. The van der Waals surface area contributed by atoms with Crippen molar-refractivity contribution in [3.63, 3.8) is 0 Å². The Bertz CT molecular complexity index is 160. The van der Waals surface area contributed by atoms with Gasteiger partial charge in [0, 0.05) is 26.4 Å². The van der Waals surface area contributed by atoms with Crippen LogP contribution in [0, 0.1) is 5.92 Å². The molecule has 15 heavy (non-hydrogen) atoms. The van der Waals surface area contributed by atoms with Crippen LogP contribution in [0.25, 0.3) is 0 Å². The van der Waals surface area contributed by atoms with Crippen molar-refractivity contribution in [3.05, 3.63) is 0 Å². The average molecular weight is 215 g/mol. The number of hydrogen-bond acceptors (Lipinski definition) is 3. The Labute approximate surface area is 93.5 Å². The highest BCUT2D eigenvalue weighted by Gasteiger charge is 2.20. The number of rotatable bonds is 9. The van der Waals surface area contributed by atoms with Crippen LogP contribution in [-0.4, -0.2) is 39.0 Å². The summed E-state index contributed by atoms with van der Waals surface area (Å²) < 4.78 is 10.8. The summed E-state index contributed by atoms with van der Waals surface area (Å²) in [5.74, 6) is 0.880. The van der Waals surface area contributed by atoms with Crippen LogP contribution in [0.1, 0.15) is 33.1 Å². The Morgan fingerprint density at radius 3 is 2.67 bits per heavy atom. The van der Waals surface area contributed by atoms with E-state index in [0.29, 0.717) is 6.04 Å². The third kappa shape index (κ3) is 6.13. The summed E-state index contributed by atoms with van der Waals surface area (Å²) in [5.41, 5.74) is 0. The fourth-order valence-electron chi connectivity index (χ4n) is 1.41. The molecule has 1 aliphatic carbocycles. The molecule has 0 spiro atoms. The van der Waals surface area contributed by atoms with Gasteiger partial charge in [0.15, 0.2) is 0 Å². The summed E-state index contributed by atoms with van der Waals surface area (Å²) in [7, 11) is 1.75. The molecule has 90 valence electrons. The average Bonchev–Trinajstić information content (AvgIpc) is 3.05. The van der Waals surface area contributed by atoms with E-state index in [0.717, 1.165) is 32.1 Å². The van der Waals surface area contributed by atoms with Crippen LogP contribution in [0.4, 0.5) is 0 Å². The third-order valence-electron chi connectivity index (χ3n) is 3.06. The SMILES string of the molecule is COC(C)C(C)NCCCOCC1CC1. The van der Waals surface area contributed by atoms with Crippen molar-refractivity contribution < 1.29 is 9.47 Å². The first kappa shape index (κ1) is 12.9. The van der Waals surface area contributed by atoms with Crippen molar-refractivity contribution in [1.82, 2.24) is 5.32 Å². The van der Waals surface area contributed by atoms with Gasteiger partial charge in [-0.2, -0.15) is 0 Å². The van der Waals surface area contributed by atoms with Gasteiger partial charge in [-0.05, 0) is 45.6 Å². The molecule has 0 aromatic carbocycles. The lowest BCUT2D eigenvalue weighted by atomic mass is 10.2. The largest absolute Gasteiger partial charge is 0.381 e. The van der Waals surface area contributed by atoms with Crippen LogP contribution in [0.5, 0.6) is 0 Å². The lowest BCUT2D eigenvalue weighted by Gasteiger charge is -2.19. The zero-order chi connectivity index (χ0) is 11.1. The number of hydrogen-bond donors (Lipinski definition) is 1. The van der Waals surface area contributed by atoms with Gasteiger partial charge < -0.3 is 14.8 Å². The molecule has 0 aromatic heterocycles. The number of nitrogens with one attached hydrogen (secondary N) is 1. The van der Waals surface area contributed by atoms with Gasteiger partial charge >= 0.3 is 0 Å². The van der Waals surface area contributed by atoms with Crippen molar-refractivity contribution >= 4 is 0 Å². The normalized spacial score (nSPS) is 20.2. The Morgan fingerprint density at radius 1 is 1.33 bits per heavy atom. The summed E-state index contributed by atoms with van der Waals surface area (Å²) in [6.07, 6.45) is 4.12. The highest BCUT2D eigenvalue weighted by Crippen LogP contribution is 2.28. The van der Waals surface area contributed by atoms with Crippen molar-refractivity contribution in [2.24, 2.45) is 5.92 Å². The molecule has 0 bridgehead atoms. The standard InChI is InChI=1S/C12H25NO2/c1-10(11(2)14-3)13-7-4-8-15-9-12-5-6-12/h10-13H,4-9H2,1-3H3. The van der Waals surface area contributed by atoms with Gasteiger partial charge in [-0.3, -0.25) is 0 Å². The van der Waals surface area contributed by atoms with E-state index in [1.165, 1.54) is 12.8 Å². The molecular weight excluding hydrogens is 190 g/mol. The Balaban J connectivity index is 1.82. The molecule has 1 rings (SSSR count). The summed E-state index contributed by atoms with van der Waals surface area (Å²) in [6.45, 7) is 7.11. The predicted octanol–water partition coefficient (Wildman–Crippen LogP) is 1.82. The van der Waals surface area contributed by atoms with Gasteiger partial charge in [0.25, 0.3) is 0 Å². The van der Waals surface area contributed by atoms with Gasteiger partial charge in [-0.15, -0.1) is 0 Å². The summed E-state index contributed by atoms with van der Waals surface area (Å²) in [5, 5.41) is 3.43. The molecule has 1 fully saturated rings. The highest BCUT2D eigenvalue weighted by atomic mass is 16.5. The molecule has 0 heterocycles. The molecule has 3 nitrogen and oxygen atoms in total. The maximum Gasteiger partial charge on any atom is 0.0693 e. The van der Waals surface area contributed by atoms with E-state index in [1.807, 2.05) is 0 Å². The van der Waals surface area contributed by atoms with E-state index in [4.69, 9.17) is 9.47 Å². The van der Waals surface area contributed by atoms with Gasteiger partial charge in [-0.1, -0.05) is 0 Å². The Kier molecular flexibility index (Phi) is 6.22. The Morgan fingerprint density at radius 2 is 2.07 bits per heavy atom. The van der Waals surface area contributed by atoms with Crippen molar-refractivity contribution in [2.45, 2.75) is 45.3 Å². The molecule has 2 atom stereocenters. The maximum atomic E-state index is 5.55. The molecule has 0 aliphatic heterocycles. The van der Waals surface area contributed by atoms with Gasteiger partial charge in [0.1, 0.15) is 0 Å². The molecule has 0 aromatic rings. The van der Waals surface area contributed by atoms with E-state index in [1.54, 1.807) is 7.11 Å². The first-order valence-electron chi connectivity index (χ1n) is 6.08. The topological polar surface area (TPSA) is 30.5 Å². The first-order chi connectivity index (χ1) is 7.24. The van der Waals surface area contributed by atoms with E-state index in [-0.39, 0.29) is 6.10 Å². The zero-order valence-corrected chi connectivity index (χ0v) is 10.3. The molecule has 0 radical (unpaired) electrons. The van der Waals surface area contributed by atoms with Crippen LogP contribution in [0.2, 0.25) is 0 Å². The maximum absolute atomic E-state index is 5.55.